The first-order valence-electron chi connectivity index (χ1n) is 9.30. The van der Waals surface area contributed by atoms with Crippen LogP contribution in [0.25, 0.3) is 0 Å². The summed E-state index contributed by atoms with van der Waals surface area (Å²) in [7, 11) is 0. The van der Waals surface area contributed by atoms with Crippen LogP contribution in [0.15, 0.2) is 35.5 Å². The third-order valence-corrected chi connectivity index (χ3v) is 6.00. The van der Waals surface area contributed by atoms with Gasteiger partial charge >= 0.3 is 0 Å². The highest BCUT2D eigenvalue weighted by atomic mass is 35.5. The first kappa shape index (κ1) is 20.4. The van der Waals surface area contributed by atoms with Crippen molar-refractivity contribution in [3.05, 3.63) is 41.2 Å². The fourth-order valence-electron chi connectivity index (χ4n) is 3.24. The van der Waals surface area contributed by atoms with Gasteiger partial charge < -0.3 is 25.0 Å². The molecule has 0 unspecified atom stereocenters. The van der Waals surface area contributed by atoms with E-state index in [0.29, 0.717) is 23.0 Å². The number of hydrogen-bond acceptors (Lipinski definition) is 8. The van der Waals surface area contributed by atoms with E-state index < -0.39 is 24.4 Å². The second-order valence-corrected chi connectivity index (χ2v) is 8.29. The van der Waals surface area contributed by atoms with Crippen LogP contribution in [-0.4, -0.2) is 66.7 Å². The third-order valence-electron chi connectivity index (χ3n) is 4.66. The van der Waals surface area contributed by atoms with E-state index in [2.05, 4.69) is 20.6 Å². The SMILES string of the molecule is CCN=C1N[C@@H]2[C@@H](O)[C@H](O)[C@@H](Cn3cc(COc4cccc(Cl)c4)nn3)O[C@@H]2S1. The van der Waals surface area contributed by atoms with E-state index in [1.807, 2.05) is 13.0 Å². The maximum absolute atomic E-state index is 10.5. The van der Waals surface area contributed by atoms with Crippen molar-refractivity contribution >= 4 is 28.5 Å². The Morgan fingerprint density at radius 1 is 1.38 bits per heavy atom. The summed E-state index contributed by atoms with van der Waals surface area (Å²) >= 11 is 7.37. The molecule has 3 N–H and O–H groups in total. The Hall–Kier alpha value is -1.85. The molecule has 3 heterocycles. The summed E-state index contributed by atoms with van der Waals surface area (Å²) in [5.41, 5.74) is 0.306. The number of halogens is 1. The molecule has 9 nitrogen and oxygen atoms in total. The topological polar surface area (TPSA) is 114 Å². The Balaban J connectivity index is 1.36. The van der Waals surface area contributed by atoms with Crippen molar-refractivity contribution in [3.63, 3.8) is 0 Å². The molecule has 4 rings (SSSR count). The zero-order chi connectivity index (χ0) is 20.4. The van der Waals surface area contributed by atoms with Crippen molar-refractivity contribution in [1.82, 2.24) is 20.3 Å². The van der Waals surface area contributed by atoms with Gasteiger partial charge in [0.15, 0.2) is 5.17 Å². The van der Waals surface area contributed by atoms with Gasteiger partial charge in [0.25, 0.3) is 0 Å². The van der Waals surface area contributed by atoms with Crippen LogP contribution in [0.1, 0.15) is 12.6 Å². The average Bonchev–Trinajstić information content (AvgIpc) is 3.31. The second-order valence-electron chi connectivity index (χ2n) is 6.77. The molecule has 0 bridgehead atoms. The normalized spacial score (nSPS) is 30.2. The summed E-state index contributed by atoms with van der Waals surface area (Å²) in [4.78, 5) is 4.32. The van der Waals surface area contributed by atoms with E-state index in [9.17, 15) is 10.2 Å². The summed E-state index contributed by atoms with van der Waals surface area (Å²) < 4.78 is 13.2. The van der Waals surface area contributed by atoms with E-state index in [0.717, 1.165) is 5.17 Å². The van der Waals surface area contributed by atoms with Gasteiger partial charge in [0, 0.05) is 11.6 Å². The molecule has 0 saturated carbocycles. The van der Waals surface area contributed by atoms with Crippen molar-refractivity contribution in [1.29, 1.82) is 0 Å². The Morgan fingerprint density at radius 2 is 2.24 bits per heavy atom. The maximum atomic E-state index is 10.5. The first-order chi connectivity index (χ1) is 14.0. The minimum atomic E-state index is -1.05. The molecule has 2 saturated heterocycles. The molecule has 156 valence electrons. The summed E-state index contributed by atoms with van der Waals surface area (Å²) in [6.45, 7) is 3.06. The zero-order valence-electron chi connectivity index (χ0n) is 15.7. The number of hydrogen-bond donors (Lipinski definition) is 3. The molecule has 2 aliphatic heterocycles. The fraction of sp³-hybridized carbons (Fsp3) is 0.500. The van der Waals surface area contributed by atoms with E-state index in [4.69, 9.17) is 21.1 Å². The number of fused-ring (bicyclic) bond motifs is 1. The van der Waals surface area contributed by atoms with Gasteiger partial charge in [-0.15, -0.1) is 5.10 Å². The zero-order valence-corrected chi connectivity index (χ0v) is 17.3. The molecule has 1 aromatic heterocycles. The first-order valence-corrected chi connectivity index (χ1v) is 10.6. The number of nitrogens with zero attached hydrogens (tertiary/aromatic N) is 4. The van der Waals surface area contributed by atoms with Gasteiger partial charge in [0.1, 0.15) is 41.8 Å². The van der Waals surface area contributed by atoms with Crippen LogP contribution in [0.5, 0.6) is 5.75 Å². The minimum Gasteiger partial charge on any atom is -0.487 e. The summed E-state index contributed by atoms with van der Waals surface area (Å²) in [5.74, 6) is 0.641. The highest BCUT2D eigenvalue weighted by Gasteiger charge is 2.49. The van der Waals surface area contributed by atoms with Crippen LogP contribution in [0, 0.1) is 0 Å². The van der Waals surface area contributed by atoms with Crippen LogP contribution in [-0.2, 0) is 17.9 Å². The average molecular weight is 440 g/mol. The Bertz CT molecular complexity index is 881. The molecule has 11 heteroatoms. The van der Waals surface area contributed by atoms with Gasteiger partial charge in [-0.1, -0.05) is 34.6 Å². The number of aliphatic hydroxyl groups is 2. The number of aromatic nitrogens is 3. The molecule has 0 radical (unpaired) electrons. The third kappa shape index (κ3) is 4.67. The number of nitrogens with one attached hydrogen (secondary N) is 1. The lowest BCUT2D eigenvalue weighted by molar-refractivity contribution is -0.160. The largest absolute Gasteiger partial charge is 0.487 e. The van der Waals surface area contributed by atoms with Crippen LogP contribution in [0.2, 0.25) is 5.02 Å². The van der Waals surface area contributed by atoms with Gasteiger partial charge in [0.05, 0.1) is 18.8 Å². The van der Waals surface area contributed by atoms with Crippen LogP contribution in [0.4, 0.5) is 0 Å². The Labute approximate surface area is 177 Å². The highest BCUT2D eigenvalue weighted by Crippen LogP contribution is 2.34. The smallest absolute Gasteiger partial charge is 0.159 e. The monoisotopic (exact) mass is 439 g/mol. The van der Waals surface area contributed by atoms with Gasteiger partial charge in [-0.2, -0.15) is 0 Å². The van der Waals surface area contributed by atoms with Crippen LogP contribution in [0.3, 0.4) is 0 Å². The summed E-state index contributed by atoms with van der Waals surface area (Å²) in [5, 5.41) is 33.6. The molecule has 1 aromatic carbocycles. The van der Waals surface area contributed by atoms with Crippen molar-refractivity contribution in [2.24, 2.45) is 4.99 Å². The maximum Gasteiger partial charge on any atom is 0.159 e. The van der Waals surface area contributed by atoms with Gasteiger partial charge in [0.2, 0.25) is 0 Å². The number of thioether (sulfide) groups is 1. The highest BCUT2D eigenvalue weighted by molar-refractivity contribution is 8.14. The predicted molar refractivity (Wildman–Crippen MR) is 109 cm³/mol. The number of aliphatic hydroxyl groups excluding tert-OH is 2. The summed E-state index contributed by atoms with van der Waals surface area (Å²) in [6, 6.07) is 6.72. The van der Waals surface area contributed by atoms with Crippen molar-refractivity contribution in [2.75, 3.05) is 6.54 Å². The second kappa shape index (κ2) is 8.88. The van der Waals surface area contributed by atoms with Gasteiger partial charge in [-0.3, -0.25) is 4.99 Å². The van der Waals surface area contributed by atoms with Crippen molar-refractivity contribution in [3.8, 4) is 5.75 Å². The van der Waals surface area contributed by atoms with Crippen molar-refractivity contribution in [2.45, 2.75) is 49.9 Å². The van der Waals surface area contributed by atoms with E-state index in [1.165, 1.54) is 11.8 Å². The predicted octanol–water partition coefficient (Wildman–Crippen LogP) is 1.04. The van der Waals surface area contributed by atoms with Gasteiger partial charge in [-0.05, 0) is 25.1 Å². The minimum absolute atomic E-state index is 0.234. The lowest BCUT2D eigenvalue weighted by atomic mass is 9.98. The molecule has 0 amide bonds. The van der Waals surface area contributed by atoms with E-state index >= 15 is 0 Å². The standard InChI is InChI=1S/C18H22ClN5O4S/c1-2-20-18-21-14-16(26)15(25)13(28-17(14)29-18)8-24-7-11(22-23-24)9-27-12-5-3-4-10(19)6-12/h3-7,13-17,25-26H,2,8-9H2,1H3,(H,20,21)/t13-,14-,15-,16-,17-/m1/s1. The van der Waals surface area contributed by atoms with Gasteiger partial charge in [-0.25, -0.2) is 4.68 Å². The molecule has 5 atom stereocenters. The Kier molecular flexibility index (Phi) is 6.26. The Morgan fingerprint density at radius 3 is 3.03 bits per heavy atom. The lowest BCUT2D eigenvalue weighted by Gasteiger charge is -2.38. The van der Waals surface area contributed by atoms with Crippen LogP contribution >= 0.6 is 23.4 Å². The summed E-state index contributed by atoms with van der Waals surface area (Å²) in [6.07, 6.45) is -0.918. The molecule has 0 aliphatic carbocycles. The lowest BCUT2D eigenvalue weighted by Crippen LogP contribution is -2.59. The van der Waals surface area contributed by atoms with Crippen LogP contribution < -0.4 is 10.1 Å². The number of benzene rings is 1. The molecule has 29 heavy (non-hydrogen) atoms. The van der Waals surface area contributed by atoms with E-state index in [1.54, 1.807) is 29.1 Å². The number of ether oxygens (including phenoxy) is 2. The number of rotatable bonds is 6. The van der Waals surface area contributed by atoms with E-state index in [-0.39, 0.29) is 18.6 Å². The fourth-order valence-corrected chi connectivity index (χ4v) is 4.62. The number of aliphatic imine (C=N–C) groups is 1. The molecular formula is C18H22ClN5O4S. The molecule has 2 aliphatic rings. The molecule has 0 spiro atoms. The number of amidine groups is 1. The van der Waals surface area contributed by atoms with Crippen molar-refractivity contribution < 1.29 is 19.7 Å². The molecular weight excluding hydrogens is 418 g/mol. The molecule has 2 fully saturated rings. The quantitative estimate of drug-likeness (QED) is 0.611. The molecule has 2 aromatic rings.